The van der Waals surface area contributed by atoms with E-state index in [0.29, 0.717) is 11.5 Å². The molecule has 1 saturated carbocycles. The third-order valence-corrected chi connectivity index (χ3v) is 5.03. The number of nitrogens with zero attached hydrogens (tertiary/aromatic N) is 1. The van der Waals surface area contributed by atoms with E-state index in [4.69, 9.17) is 11.6 Å². The van der Waals surface area contributed by atoms with Gasteiger partial charge in [0.1, 0.15) is 0 Å². The van der Waals surface area contributed by atoms with Gasteiger partial charge in [0.2, 0.25) is 0 Å². The summed E-state index contributed by atoms with van der Waals surface area (Å²) in [6.07, 6.45) is 7.83. The number of hydrogen-bond donors (Lipinski definition) is 1. The van der Waals surface area contributed by atoms with Gasteiger partial charge in [-0.05, 0) is 49.5 Å². The molecule has 0 saturated heterocycles. The molecule has 1 aromatic heterocycles. The number of pyridine rings is 1. The molecule has 0 aliphatic heterocycles. The van der Waals surface area contributed by atoms with Crippen LogP contribution < -0.4 is 5.32 Å². The standard InChI is InChI=1S/C17H27ClN2/c1-5-14-16(18)15(10-11-19-14)20-13-8-6-12(7-9-13)17(2,3)4/h10-13H,5-9H2,1-4H3,(H,19,20)/t12-,13+. The van der Waals surface area contributed by atoms with Crippen molar-refractivity contribution in [3.8, 4) is 0 Å². The molecule has 2 nitrogen and oxygen atoms in total. The molecule has 0 atom stereocenters. The van der Waals surface area contributed by atoms with E-state index in [9.17, 15) is 0 Å². The van der Waals surface area contributed by atoms with Gasteiger partial charge < -0.3 is 5.32 Å². The lowest BCUT2D eigenvalue weighted by molar-refractivity contribution is 0.173. The van der Waals surface area contributed by atoms with Crippen molar-refractivity contribution in [3.63, 3.8) is 0 Å². The SMILES string of the molecule is CCc1nccc(N[C@H]2CC[C@@H](C(C)(C)C)CC2)c1Cl. The zero-order valence-electron chi connectivity index (χ0n) is 13.2. The van der Waals surface area contributed by atoms with Gasteiger partial charge in [0.25, 0.3) is 0 Å². The van der Waals surface area contributed by atoms with E-state index in [1.54, 1.807) is 0 Å². The monoisotopic (exact) mass is 294 g/mol. The first-order valence-corrected chi connectivity index (χ1v) is 8.19. The average Bonchev–Trinajstić information content (AvgIpc) is 2.41. The van der Waals surface area contributed by atoms with Crippen LogP contribution in [0.1, 0.15) is 59.1 Å². The number of halogens is 1. The van der Waals surface area contributed by atoms with E-state index in [2.05, 4.69) is 38.0 Å². The summed E-state index contributed by atoms with van der Waals surface area (Å²) >= 11 is 6.40. The molecule has 1 fully saturated rings. The Hall–Kier alpha value is -0.760. The molecular weight excluding hydrogens is 268 g/mol. The van der Waals surface area contributed by atoms with Crippen molar-refractivity contribution < 1.29 is 0 Å². The first-order chi connectivity index (χ1) is 9.41. The van der Waals surface area contributed by atoms with E-state index in [1.807, 2.05) is 12.3 Å². The molecule has 0 bridgehead atoms. The summed E-state index contributed by atoms with van der Waals surface area (Å²) in [7, 11) is 0. The Morgan fingerprint density at radius 2 is 1.90 bits per heavy atom. The Bertz CT molecular complexity index is 443. The van der Waals surface area contributed by atoms with Crippen molar-refractivity contribution in [2.45, 2.75) is 65.8 Å². The number of aromatic nitrogens is 1. The second kappa shape index (κ2) is 6.34. The fourth-order valence-electron chi connectivity index (χ4n) is 3.17. The van der Waals surface area contributed by atoms with Crippen LogP contribution >= 0.6 is 11.6 Å². The Kier molecular flexibility index (Phi) is 4.95. The lowest BCUT2D eigenvalue weighted by atomic mass is 9.71. The quantitative estimate of drug-likeness (QED) is 0.816. The number of aryl methyl sites for hydroxylation is 1. The zero-order chi connectivity index (χ0) is 14.8. The largest absolute Gasteiger partial charge is 0.381 e. The summed E-state index contributed by atoms with van der Waals surface area (Å²) in [6, 6.07) is 2.55. The van der Waals surface area contributed by atoms with Crippen LogP contribution in [0.3, 0.4) is 0 Å². The third-order valence-electron chi connectivity index (χ3n) is 4.61. The Balaban J connectivity index is 1.96. The molecule has 2 rings (SSSR count). The van der Waals surface area contributed by atoms with Crippen LogP contribution in [0.4, 0.5) is 5.69 Å². The molecule has 1 aliphatic rings. The van der Waals surface area contributed by atoms with Gasteiger partial charge in [-0.25, -0.2) is 0 Å². The van der Waals surface area contributed by atoms with Crippen LogP contribution in [0.5, 0.6) is 0 Å². The van der Waals surface area contributed by atoms with Crippen molar-refractivity contribution >= 4 is 17.3 Å². The van der Waals surface area contributed by atoms with Crippen molar-refractivity contribution in [1.29, 1.82) is 0 Å². The molecule has 1 N–H and O–H groups in total. The van der Waals surface area contributed by atoms with Crippen LogP contribution in [0.15, 0.2) is 12.3 Å². The maximum Gasteiger partial charge on any atom is 0.0852 e. The van der Waals surface area contributed by atoms with E-state index in [0.717, 1.165) is 28.7 Å². The first-order valence-electron chi connectivity index (χ1n) is 7.81. The van der Waals surface area contributed by atoms with Crippen LogP contribution in [-0.4, -0.2) is 11.0 Å². The number of hydrogen-bond acceptors (Lipinski definition) is 2. The molecule has 1 aromatic rings. The van der Waals surface area contributed by atoms with E-state index < -0.39 is 0 Å². The summed E-state index contributed by atoms with van der Waals surface area (Å²) in [5.74, 6) is 0.847. The molecule has 0 aromatic carbocycles. The molecule has 20 heavy (non-hydrogen) atoms. The predicted molar refractivity (Wildman–Crippen MR) is 87.4 cm³/mol. The summed E-state index contributed by atoms with van der Waals surface area (Å²) in [5, 5.41) is 4.42. The van der Waals surface area contributed by atoms with Crippen molar-refractivity contribution in [2.75, 3.05) is 5.32 Å². The van der Waals surface area contributed by atoms with Gasteiger partial charge in [-0.2, -0.15) is 0 Å². The van der Waals surface area contributed by atoms with Crippen LogP contribution in [-0.2, 0) is 6.42 Å². The summed E-state index contributed by atoms with van der Waals surface area (Å²) in [5.41, 5.74) is 2.48. The minimum Gasteiger partial charge on any atom is -0.381 e. The zero-order valence-corrected chi connectivity index (χ0v) is 13.9. The van der Waals surface area contributed by atoms with Crippen molar-refractivity contribution in [3.05, 3.63) is 23.0 Å². The molecule has 0 amide bonds. The molecule has 1 aliphatic carbocycles. The number of nitrogens with one attached hydrogen (secondary N) is 1. The molecule has 3 heteroatoms. The highest BCUT2D eigenvalue weighted by Crippen LogP contribution is 2.39. The predicted octanol–water partition coefficient (Wildman–Crippen LogP) is 5.31. The maximum absolute atomic E-state index is 6.40. The molecule has 112 valence electrons. The van der Waals surface area contributed by atoms with Gasteiger partial charge in [0.15, 0.2) is 0 Å². The summed E-state index contributed by atoms with van der Waals surface area (Å²) in [4.78, 5) is 4.32. The minimum atomic E-state index is 0.439. The summed E-state index contributed by atoms with van der Waals surface area (Å²) < 4.78 is 0. The average molecular weight is 295 g/mol. The van der Waals surface area contributed by atoms with Gasteiger partial charge in [-0.15, -0.1) is 0 Å². The molecule has 0 spiro atoms. The molecule has 1 heterocycles. The van der Waals surface area contributed by atoms with E-state index in [-0.39, 0.29) is 0 Å². The lowest BCUT2D eigenvalue weighted by Crippen LogP contribution is -2.31. The highest BCUT2D eigenvalue weighted by Gasteiger charge is 2.29. The maximum atomic E-state index is 6.40. The normalized spacial score (nSPS) is 23.6. The number of rotatable bonds is 3. The van der Waals surface area contributed by atoms with Crippen LogP contribution in [0, 0.1) is 11.3 Å². The molecule has 0 unspecified atom stereocenters. The second-order valence-electron chi connectivity index (χ2n) is 7.03. The van der Waals surface area contributed by atoms with E-state index >= 15 is 0 Å². The van der Waals surface area contributed by atoms with Crippen LogP contribution in [0.25, 0.3) is 0 Å². The van der Waals surface area contributed by atoms with Gasteiger partial charge in [0.05, 0.1) is 16.4 Å². The second-order valence-corrected chi connectivity index (χ2v) is 7.41. The first kappa shape index (κ1) is 15.6. The Morgan fingerprint density at radius 1 is 1.25 bits per heavy atom. The highest BCUT2D eigenvalue weighted by atomic mass is 35.5. The molecule has 0 radical (unpaired) electrons. The lowest BCUT2D eigenvalue weighted by Gasteiger charge is -2.37. The van der Waals surface area contributed by atoms with Crippen molar-refractivity contribution in [1.82, 2.24) is 4.98 Å². The summed E-state index contributed by atoms with van der Waals surface area (Å²) in [6.45, 7) is 9.17. The fraction of sp³-hybridized carbons (Fsp3) is 0.706. The van der Waals surface area contributed by atoms with Gasteiger partial charge in [0, 0.05) is 12.2 Å². The van der Waals surface area contributed by atoms with Gasteiger partial charge in [-0.1, -0.05) is 39.3 Å². The smallest absolute Gasteiger partial charge is 0.0852 e. The fourth-order valence-corrected chi connectivity index (χ4v) is 3.47. The number of anilines is 1. The van der Waals surface area contributed by atoms with E-state index in [1.165, 1.54) is 25.7 Å². The van der Waals surface area contributed by atoms with Crippen LogP contribution in [0.2, 0.25) is 5.02 Å². The third kappa shape index (κ3) is 3.66. The Morgan fingerprint density at radius 3 is 2.45 bits per heavy atom. The highest BCUT2D eigenvalue weighted by molar-refractivity contribution is 6.33. The molecular formula is C17H27ClN2. The Labute approximate surface area is 128 Å². The minimum absolute atomic E-state index is 0.439. The van der Waals surface area contributed by atoms with Crippen molar-refractivity contribution in [2.24, 2.45) is 11.3 Å². The van der Waals surface area contributed by atoms with Gasteiger partial charge in [-0.3, -0.25) is 4.98 Å². The van der Waals surface area contributed by atoms with Gasteiger partial charge >= 0.3 is 0 Å². The topological polar surface area (TPSA) is 24.9 Å².